The van der Waals surface area contributed by atoms with E-state index in [0.717, 1.165) is 22.5 Å². The van der Waals surface area contributed by atoms with Gasteiger partial charge in [0.15, 0.2) is 0 Å². The molecule has 0 bridgehead atoms. The molecule has 21 heavy (non-hydrogen) atoms. The van der Waals surface area contributed by atoms with E-state index in [0.29, 0.717) is 12.4 Å². The minimum atomic E-state index is -0.254. The van der Waals surface area contributed by atoms with Gasteiger partial charge >= 0.3 is 0 Å². The Morgan fingerprint density at radius 2 is 1.90 bits per heavy atom. The number of allylic oxidation sites excluding steroid dienone is 1. The van der Waals surface area contributed by atoms with Gasteiger partial charge in [-0.05, 0) is 36.6 Å². The molecule has 0 radical (unpaired) electrons. The van der Waals surface area contributed by atoms with E-state index in [-0.39, 0.29) is 11.7 Å². The first-order valence-corrected chi connectivity index (χ1v) is 7.02. The van der Waals surface area contributed by atoms with E-state index < -0.39 is 0 Å². The summed E-state index contributed by atoms with van der Waals surface area (Å²) in [5, 5.41) is 2.99. The standard InChI is InChI=1S/C17H20FN3/c1-5-6-14-15(11(2)3)20-17(19-4)21-16(14)12-7-9-13(18)10-8-12/h5,7-11H,1,6H2,2-4H3,(H,19,20,21). The maximum absolute atomic E-state index is 13.1. The predicted molar refractivity (Wildman–Crippen MR) is 85.0 cm³/mol. The zero-order valence-electron chi connectivity index (χ0n) is 12.7. The second-order valence-electron chi connectivity index (χ2n) is 5.16. The molecule has 0 aliphatic rings. The molecule has 0 spiro atoms. The van der Waals surface area contributed by atoms with Crippen molar-refractivity contribution >= 4 is 5.95 Å². The summed E-state index contributed by atoms with van der Waals surface area (Å²) in [7, 11) is 1.79. The molecule has 0 aliphatic carbocycles. The summed E-state index contributed by atoms with van der Waals surface area (Å²) in [4.78, 5) is 9.13. The van der Waals surface area contributed by atoms with Crippen molar-refractivity contribution in [3.63, 3.8) is 0 Å². The molecule has 0 unspecified atom stereocenters. The summed E-state index contributed by atoms with van der Waals surface area (Å²) in [5.74, 6) is 0.594. The maximum atomic E-state index is 13.1. The van der Waals surface area contributed by atoms with Crippen molar-refractivity contribution in [1.82, 2.24) is 9.97 Å². The highest BCUT2D eigenvalue weighted by atomic mass is 19.1. The predicted octanol–water partition coefficient (Wildman–Crippen LogP) is 4.18. The molecule has 0 aliphatic heterocycles. The molecule has 0 amide bonds. The number of benzene rings is 1. The van der Waals surface area contributed by atoms with Crippen molar-refractivity contribution in [1.29, 1.82) is 0 Å². The fourth-order valence-corrected chi connectivity index (χ4v) is 2.28. The fourth-order valence-electron chi connectivity index (χ4n) is 2.28. The smallest absolute Gasteiger partial charge is 0.223 e. The minimum absolute atomic E-state index is 0.254. The molecule has 0 saturated carbocycles. The lowest BCUT2D eigenvalue weighted by Gasteiger charge is -2.16. The third-order valence-electron chi connectivity index (χ3n) is 3.28. The van der Waals surface area contributed by atoms with Crippen LogP contribution in [0.5, 0.6) is 0 Å². The molecule has 0 atom stereocenters. The van der Waals surface area contributed by atoms with Crippen LogP contribution in [0.4, 0.5) is 10.3 Å². The average molecular weight is 285 g/mol. The summed E-state index contributed by atoms with van der Waals surface area (Å²) < 4.78 is 13.1. The molecule has 0 saturated heterocycles. The SMILES string of the molecule is C=CCc1c(-c2ccc(F)cc2)nc(NC)nc1C(C)C. The van der Waals surface area contributed by atoms with Gasteiger partial charge in [-0.25, -0.2) is 14.4 Å². The van der Waals surface area contributed by atoms with Crippen LogP contribution >= 0.6 is 0 Å². The first kappa shape index (κ1) is 15.2. The van der Waals surface area contributed by atoms with Gasteiger partial charge in [-0.3, -0.25) is 0 Å². The van der Waals surface area contributed by atoms with Crippen molar-refractivity contribution in [3.8, 4) is 11.3 Å². The highest BCUT2D eigenvalue weighted by molar-refractivity contribution is 5.66. The number of nitrogens with one attached hydrogen (secondary N) is 1. The van der Waals surface area contributed by atoms with Gasteiger partial charge in [0.2, 0.25) is 5.95 Å². The number of anilines is 1. The summed E-state index contributed by atoms with van der Waals surface area (Å²) >= 11 is 0. The van der Waals surface area contributed by atoms with Crippen LogP contribution in [0.15, 0.2) is 36.9 Å². The monoisotopic (exact) mass is 285 g/mol. The van der Waals surface area contributed by atoms with Crippen LogP contribution in [0.3, 0.4) is 0 Å². The maximum Gasteiger partial charge on any atom is 0.223 e. The quantitative estimate of drug-likeness (QED) is 0.838. The normalized spacial score (nSPS) is 10.7. The van der Waals surface area contributed by atoms with E-state index in [1.165, 1.54) is 12.1 Å². The average Bonchev–Trinajstić information content (AvgIpc) is 2.48. The number of rotatable bonds is 5. The number of hydrogen-bond acceptors (Lipinski definition) is 3. The Hall–Kier alpha value is -2.23. The van der Waals surface area contributed by atoms with Crippen molar-refractivity contribution in [3.05, 3.63) is 54.0 Å². The van der Waals surface area contributed by atoms with Crippen LogP contribution in [0.1, 0.15) is 31.0 Å². The topological polar surface area (TPSA) is 37.8 Å². The highest BCUT2D eigenvalue weighted by Crippen LogP contribution is 2.29. The molecule has 2 aromatic rings. The minimum Gasteiger partial charge on any atom is -0.357 e. The molecule has 110 valence electrons. The summed E-state index contributed by atoms with van der Waals surface area (Å²) in [5.41, 5.74) is 3.76. The molecule has 0 fully saturated rings. The molecule has 4 heteroatoms. The first-order valence-electron chi connectivity index (χ1n) is 7.02. The first-order chi connectivity index (χ1) is 10.1. The van der Waals surface area contributed by atoms with E-state index >= 15 is 0 Å². The zero-order valence-corrected chi connectivity index (χ0v) is 12.7. The molecule has 1 heterocycles. The highest BCUT2D eigenvalue weighted by Gasteiger charge is 2.17. The summed E-state index contributed by atoms with van der Waals surface area (Å²) in [6, 6.07) is 6.38. The van der Waals surface area contributed by atoms with Crippen LogP contribution in [0, 0.1) is 5.82 Å². The van der Waals surface area contributed by atoms with Gasteiger partial charge in [0.05, 0.1) is 11.4 Å². The van der Waals surface area contributed by atoms with Gasteiger partial charge in [-0.1, -0.05) is 19.9 Å². The lowest BCUT2D eigenvalue weighted by Crippen LogP contribution is -2.08. The molecule has 1 aromatic heterocycles. The summed E-state index contributed by atoms with van der Waals surface area (Å²) in [6.07, 6.45) is 2.53. The molecule has 3 nitrogen and oxygen atoms in total. The van der Waals surface area contributed by atoms with Crippen LogP contribution in [0.25, 0.3) is 11.3 Å². The molecule has 1 N–H and O–H groups in total. The van der Waals surface area contributed by atoms with Crippen LogP contribution in [0.2, 0.25) is 0 Å². The zero-order chi connectivity index (χ0) is 15.4. The third-order valence-corrected chi connectivity index (χ3v) is 3.28. The van der Waals surface area contributed by atoms with E-state index in [9.17, 15) is 4.39 Å². The third kappa shape index (κ3) is 3.27. The molecular weight excluding hydrogens is 265 g/mol. The van der Waals surface area contributed by atoms with Gasteiger partial charge in [0, 0.05) is 18.2 Å². The van der Waals surface area contributed by atoms with Gasteiger partial charge in [0.25, 0.3) is 0 Å². The van der Waals surface area contributed by atoms with Crippen LogP contribution in [-0.2, 0) is 6.42 Å². The molecular formula is C17H20FN3. The summed E-state index contributed by atoms with van der Waals surface area (Å²) in [6.45, 7) is 8.02. The van der Waals surface area contributed by atoms with Crippen molar-refractivity contribution in [2.45, 2.75) is 26.2 Å². The molecule has 2 rings (SSSR count). The van der Waals surface area contributed by atoms with Crippen molar-refractivity contribution < 1.29 is 4.39 Å². The van der Waals surface area contributed by atoms with Crippen LogP contribution < -0.4 is 5.32 Å². The Balaban J connectivity index is 2.68. The van der Waals surface area contributed by atoms with Gasteiger partial charge in [0.1, 0.15) is 5.82 Å². The number of nitrogens with zero attached hydrogens (tertiary/aromatic N) is 2. The Bertz CT molecular complexity index is 633. The number of hydrogen-bond donors (Lipinski definition) is 1. The van der Waals surface area contributed by atoms with E-state index in [2.05, 4.69) is 35.7 Å². The fraction of sp³-hybridized carbons (Fsp3) is 0.294. The van der Waals surface area contributed by atoms with Gasteiger partial charge in [-0.2, -0.15) is 0 Å². The second-order valence-corrected chi connectivity index (χ2v) is 5.16. The van der Waals surface area contributed by atoms with Crippen molar-refractivity contribution in [2.24, 2.45) is 0 Å². The number of aromatic nitrogens is 2. The lowest BCUT2D eigenvalue weighted by atomic mass is 9.96. The van der Waals surface area contributed by atoms with Gasteiger partial charge in [-0.15, -0.1) is 6.58 Å². The van der Waals surface area contributed by atoms with E-state index in [1.54, 1.807) is 19.2 Å². The van der Waals surface area contributed by atoms with E-state index in [4.69, 9.17) is 0 Å². The Morgan fingerprint density at radius 3 is 2.43 bits per heavy atom. The van der Waals surface area contributed by atoms with Crippen LogP contribution in [-0.4, -0.2) is 17.0 Å². The largest absolute Gasteiger partial charge is 0.357 e. The Morgan fingerprint density at radius 1 is 1.24 bits per heavy atom. The van der Waals surface area contributed by atoms with Gasteiger partial charge < -0.3 is 5.32 Å². The van der Waals surface area contributed by atoms with E-state index in [1.807, 2.05) is 6.08 Å². The van der Waals surface area contributed by atoms with Crippen molar-refractivity contribution in [2.75, 3.05) is 12.4 Å². The molecule has 1 aromatic carbocycles. The number of halogens is 1. The Labute approximate surface area is 125 Å². The Kier molecular flexibility index (Phi) is 4.68. The second kappa shape index (κ2) is 6.48. The lowest BCUT2D eigenvalue weighted by molar-refractivity contribution is 0.628.